The van der Waals surface area contributed by atoms with E-state index in [1.54, 1.807) is 0 Å². The summed E-state index contributed by atoms with van der Waals surface area (Å²) in [6.45, 7) is 0.167. The van der Waals surface area contributed by atoms with E-state index in [2.05, 4.69) is 66.8 Å². The minimum Gasteiger partial charge on any atom is -0.462 e. The van der Waals surface area contributed by atoms with Crippen molar-refractivity contribution in [3.8, 4) is 11.5 Å². The number of aryl methyl sites for hydroxylation is 1. The molecule has 2 aliphatic carbocycles. The molecular weight excluding hydrogens is 343 g/mol. The van der Waals surface area contributed by atoms with Gasteiger partial charge in [0.05, 0.1) is 0 Å². The maximum atomic E-state index is 6.40. The first-order valence-corrected chi connectivity index (χ1v) is 10.0. The van der Waals surface area contributed by atoms with Crippen molar-refractivity contribution in [3.63, 3.8) is 0 Å². The molecule has 2 heterocycles. The van der Waals surface area contributed by atoms with E-state index < -0.39 is 0 Å². The molecule has 2 aliphatic heterocycles. The molecule has 0 atom stereocenters. The predicted octanol–water partition coefficient (Wildman–Crippen LogP) is 4.27. The van der Waals surface area contributed by atoms with Crippen molar-refractivity contribution in [2.24, 2.45) is 0 Å². The quantitative estimate of drug-likeness (QED) is 0.558. The average Bonchev–Trinajstić information content (AvgIpc) is 3.16. The van der Waals surface area contributed by atoms with Gasteiger partial charge in [-0.1, -0.05) is 48.6 Å². The Bertz CT molecular complexity index is 1300. The van der Waals surface area contributed by atoms with Gasteiger partial charge in [-0.3, -0.25) is 0 Å². The molecule has 0 N–H and O–H groups in total. The van der Waals surface area contributed by atoms with Crippen molar-refractivity contribution < 1.29 is 9.47 Å². The van der Waals surface area contributed by atoms with Crippen LogP contribution in [0.5, 0.6) is 11.5 Å². The standard InChI is InChI=1S/C25H17BO2/c1-3-7-17-15(5-1)9-11-19-23(17)26-24-18-8-4-2-6-16(18)10-12-20(24)28-22-14-13-21(27-19)25(22)26/h1,3-5,7-13H,2,6,14H2. The molecule has 0 bridgehead atoms. The van der Waals surface area contributed by atoms with Gasteiger partial charge in [-0.2, -0.15) is 0 Å². The van der Waals surface area contributed by atoms with Crippen molar-refractivity contribution in [1.29, 1.82) is 0 Å². The van der Waals surface area contributed by atoms with Crippen LogP contribution >= 0.6 is 0 Å². The lowest BCUT2D eigenvalue weighted by Crippen LogP contribution is -2.52. The third-order valence-corrected chi connectivity index (χ3v) is 6.49. The van der Waals surface area contributed by atoms with Crippen LogP contribution in [0.4, 0.5) is 0 Å². The summed E-state index contributed by atoms with van der Waals surface area (Å²) in [5.74, 6) is 4.01. The molecule has 3 aromatic carbocycles. The molecule has 0 radical (unpaired) electrons. The van der Waals surface area contributed by atoms with Crippen LogP contribution in [0.3, 0.4) is 0 Å². The third-order valence-electron chi connectivity index (χ3n) is 6.49. The van der Waals surface area contributed by atoms with Gasteiger partial charge in [-0.25, -0.2) is 0 Å². The summed E-state index contributed by atoms with van der Waals surface area (Å²) in [7, 11) is 0. The summed E-state index contributed by atoms with van der Waals surface area (Å²) >= 11 is 0. The second kappa shape index (κ2) is 5.20. The maximum Gasteiger partial charge on any atom is 0.261 e. The van der Waals surface area contributed by atoms with E-state index in [9.17, 15) is 0 Å². The van der Waals surface area contributed by atoms with Gasteiger partial charge in [-0.15, -0.1) is 0 Å². The van der Waals surface area contributed by atoms with Gasteiger partial charge in [0.25, 0.3) is 6.71 Å². The fourth-order valence-corrected chi connectivity index (χ4v) is 5.29. The number of ether oxygens (including phenoxy) is 2. The summed E-state index contributed by atoms with van der Waals surface area (Å²) in [5, 5.41) is 2.53. The lowest BCUT2D eigenvalue weighted by Gasteiger charge is -2.35. The highest BCUT2D eigenvalue weighted by molar-refractivity contribution is 6.95. The van der Waals surface area contributed by atoms with E-state index in [1.807, 2.05) is 0 Å². The number of fused-ring (bicyclic) bond motifs is 8. The molecule has 2 nitrogen and oxygen atoms in total. The summed E-state index contributed by atoms with van der Waals surface area (Å²) in [6, 6.07) is 17.4. The van der Waals surface area contributed by atoms with Crippen LogP contribution in [0.1, 0.15) is 24.0 Å². The molecular formula is C25H17BO2. The van der Waals surface area contributed by atoms with Crippen LogP contribution in [0.15, 0.2) is 77.7 Å². The van der Waals surface area contributed by atoms with Gasteiger partial charge >= 0.3 is 0 Å². The molecule has 0 aromatic heterocycles. The minimum atomic E-state index is 0.167. The van der Waals surface area contributed by atoms with Crippen LogP contribution < -0.4 is 20.4 Å². The summed E-state index contributed by atoms with van der Waals surface area (Å²) < 4.78 is 12.8. The molecule has 0 saturated carbocycles. The van der Waals surface area contributed by atoms with Crippen LogP contribution in [-0.2, 0) is 6.42 Å². The molecule has 132 valence electrons. The Kier molecular flexibility index (Phi) is 2.75. The Balaban J connectivity index is 1.62. The van der Waals surface area contributed by atoms with Crippen LogP contribution in [-0.4, -0.2) is 6.71 Å². The topological polar surface area (TPSA) is 18.5 Å². The number of allylic oxidation sites excluding steroid dienone is 3. The number of hydrogen-bond acceptors (Lipinski definition) is 2. The minimum absolute atomic E-state index is 0.167. The van der Waals surface area contributed by atoms with Crippen molar-refractivity contribution in [2.45, 2.75) is 19.3 Å². The first-order chi connectivity index (χ1) is 13.9. The number of rotatable bonds is 0. The normalized spacial score (nSPS) is 18.0. The van der Waals surface area contributed by atoms with Crippen molar-refractivity contribution in [2.75, 3.05) is 0 Å². The van der Waals surface area contributed by atoms with Gasteiger partial charge < -0.3 is 9.47 Å². The summed E-state index contributed by atoms with van der Waals surface area (Å²) in [6.07, 6.45) is 9.77. The Hall–Kier alpha value is -3.20. The Morgan fingerprint density at radius 2 is 1.75 bits per heavy atom. The van der Waals surface area contributed by atoms with Crippen LogP contribution in [0, 0.1) is 0 Å². The highest BCUT2D eigenvalue weighted by atomic mass is 16.5. The van der Waals surface area contributed by atoms with Gasteiger partial charge in [0.1, 0.15) is 23.0 Å². The fraction of sp³-hybridized carbons (Fsp3) is 0.120. The SMILES string of the molecule is C1=Cc2c(ccc3c2B2C4=C(CC=C4Oc4ccc5ccccc5c42)O3)CC1. The van der Waals surface area contributed by atoms with E-state index in [-0.39, 0.29) is 6.71 Å². The van der Waals surface area contributed by atoms with Gasteiger partial charge in [0.15, 0.2) is 0 Å². The second-order valence-corrected chi connectivity index (χ2v) is 7.94. The van der Waals surface area contributed by atoms with Crippen molar-refractivity contribution in [3.05, 3.63) is 88.8 Å². The van der Waals surface area contributed by atoms with Gasteiger partial charge in [-0.05, 0) is 63.9 Å². The van der Waals surface area contributed by atoms with Gasteiger partial charge in [0.2, 0.25) is 0 Å². The monoisotopic (exact) mass is 360 g/mol. The molecule has 0 spiro atoms. The molecule has 7 rings (SSSR count). The zero-order valence-corrected chi connectivity index (χ0v) is 15.4. The molecule has 3 heteroatoms. The summed E-state index contributed by atoms with van der Waals surface area (Å²) in [4.78, 5) is 0. The molecule has 0 fully saturated rings. The van der Waals surface area contributed by atoms with Crippen molar-refractivity contribution >= 4 is 34.5 Å². The molecule has 0 unspecified atom stereocenters. The lowest BCUT2D eigenvalue weighted by molar-refractivity contribution is 0.408. The van der Waals surface area contributed by atoms with E-state index in [1.165, 1.54) is 38.3 Å². The molecule has 28 heavy (non-hydrogen) atoms. The first kappa shape index (κ1) is 14.8. The van der Waals surface area contributed by atoms with Crippen LogP contribution in [0.25, 0.3) is 16.8 Å². The largest absolute Gasteiger partial charge is 0.462 e. The third kappa shape index (κ3) is 1.79. The zero-order valence-electron chi connectivity index (χ0n) is 15.4. The predicted molar refractivity (Wildman–Crippen MR) is 114 cm³/mol. The van der Waals surface area contributed by atoms with E-state index in [0.29, 0.717) is 0 Å². The Labute approximate surface area is 163 Å². The average molecular weight is 360 g/mol. The second-order valence-electron chi connectivity index (χ2n) is 7.94. The highest BCUT2D eigenvalue weighted by Gasteiger charge is 2.45. The lowest BCUT2D eigenvalue weighted by atomic mass is 9.33. The molecule has 3 aromatic rings. The summed E-state index contributed by atoms with van der Waals surface area (Å²) in [5.41, 5.74) is 6.57. The van der Waals surface area contributed by atoms with Gasteiger partial charge in [0, 0.05) is 11.9 Å². The number of benzene rings is 3. The molecule has 4 aliphatic rings. The van der Waals surface area contributed by atoms with E-state index in [0.717, 1.165) is 42.3 Å². The number of hydrogen-bond donors (Lipinski definition) is 0. The Morgan fingerprint density at radius 3 is 2.75 bits per heavy atom. The van der Waals surface area contributed by atoms with Crippen LogP contribution in [0.2, 0.25) is 0 Å². The molecule has 0 amide bonds. The fourth-order valence-electron chi connectivity index (χ4n) is 5.29. The van der Waals surface area contributed by atoms with E-state index in [4.69, 9.17) is 9.47 Å². The van der Waals surface area contributed by atoms with E-state index >= 15 is 0 Å². The van der Waals surface area contributed by atoms with Crippen molar-refractivity contribution in [1.82, 2.24) is 0 Å². The highest BCUT2D eigenvalue weighted by Crippen LogP contribution is 2.41. The zero-order chi connectivity index (χ0) is 18.2. The Morgan fingerprint density at radius 1 is 0.857 bits per heavy atom. The maximum absolute atomic E-state index is 6.40. The molecule has 0 saturated heterocycles. The smallest absolute Gasteiger partial charge is 0.261 e. The first-order valence-electron chi connectivity index (χ1n) is 10.0.